The number of phosphoric ester groups is 1. The van der Waals surface area contributed by atoms with Gasteiger partial charge in [-0.1, -0.05) is 27.1 Å². The average Bonchev–Trinajstić information content (AvgIpc) is 2.76. The van der Waals surface area contributed by atoms with Gasteiger partial charge in [-0.25, -0.2) is 4.57 Å². The van der Waals surface area contributed by atoms with Crippen molar-refractivity contribution in [2.45, 2.75) is 81.1 Å². The normalized spacial score (nSPS) is 37.1. The van der Waals surface area contributed by atoms with E-state index in [2.05, 4.69) is 44.8 Å². The molecule has 0 saturated heterocycles. The van der Waals surface area contributed by atoms with E-state index in [-0.39, 0.29) is 5.92 Å². The first-order chi connectivity index (χ1) is 13.3. The molecule has 7 heteroatoms. The summed E-state index contributed by atoms with van der Waals surface area (Å²) in [4.78, 5) is 10.6. The van der Waals surface area contributed by atoms with Crippen molar-refractivity contribution in [2.24, 2.45) is 0 Å². The summed E-state index contributed by atoms with van der Waals surface area (Å²) in [6.07, 6.45) is 9.35. The fourth-order valence-corrected chi connectivity index (χ4v) is 8.34. The molecule has 5 rings (SSSR count). The summed E-state index contributed by atoms with van der Waals surface area (Å²) in [5, 5.41) is 0. The first-order valence-corrected chi connectivity index (χ1v) is 13.3. The van der Waals surface area contributed by atoms with Gasteiger partial charge in [0.05, 0.1) is 14.9 Å². The van der Waals surface area contributed by atoms with Crippen LogP contribution < -0.4 is 4.52 Å². The van der Waals surface area contributed by atoms with Gasteiger partial charge in [-0.3, -0.25) is 9.42 Å². The maximum absolute atomic E-state index is 12.9. The minimum Gasteiger partial charge on any atom is -0.403 e. The zero-order chi connectivity index (χ0) is 19.7. The van der Waals surface area contributed by atoms with Gasteiger partial charge in [0.1, 0.15) is 5.75 Å². The van der Waals surface area contributed by atoms with E-state index < -0.39 is 18.3 Å². The molecule has 0 amide bonds. The van der Waals surface area contributed by atoms with Gasteiger partial charge >= 0.3 is 7.82 Å². The van der Waals surface area contributed by atoms with Crippen LogP contribution in [-0.4, -0.2) is 15.3 Å². The Kier molecular flexibility index (Phi) is 4.92. The summed E-state index contributed by atoms with van der Waals surface area (Å²) in [5.74, 6) is 0.484. The van der Waals surface area contributed by atoms with Crippen molar-refractivity contribution in [3.8, 4) is 5.75 Å². The van der Waals surface area contributed by atoms with Crippen LogP contribution in [0.25, 0.3) is 0 Å². The molecule has 0 aromatic heterocycles. The lowest BCUT2D eigenvalue weighted by Crippen LogP contribution is -2.44. The second-order valence-corrected chi connectivity index (χ2v) is 12.8. The Balaban J connectivity index is 1.82. The minimum absolute atomic E-state index is 0.0317. The smallest absolute Gasteiger partial charge is 0.403 e. The third-order valence-corrected chi connectivity index (χ3v) is 9.05. The van der Waals surface area contributed by atoms with Crippen LogP contribution in [0.5, 0.6) is 5.75 Å². The van der Waals surface area contributed by atoms with Gasteiger partial charge in [-0.05, 0) is 97.8 Å². The maximum Gasteiger partial charge on any atom is 0.527 e. The second kappa shape index (κ2) is 6.95. The van der Waals surface area contributed by atoms with Gasteiger partial charge < -0.3 is 4.52 Å². The number of fused-ring (bicyclic) bond motifs is 6. The van der Waals surface area contributed by atoms with E-state index in [9.17, 15) is 9.46 Å². The van der Waals surface area contributed by atoms with E-state index in [1.54, 1.807) is 0 Å². The molecule has 1 N–H and O–H groups in total. The largest absolute Gasteiger partial charge is 0.527 e. The van der Waals surface area contributed by atoms with E-state index >= 15 is 0 Å². The molecule has 1 aliphatic heterocycles. The molecule has 3 aliphatic carbocycles. The lowest BCUT2D eigenvalue weighted by Gasteiger charge is -2.45. The predicted molar refractivity (Wildman–Crippen MR) is 116 cm³/mol. The van der Waals surface area contributed by atoms with E-state index in [4.69, 9.17) is 9.05 Å². The molecule has 0 fully saturated rings. The maximum atomic E-state index is 12.9. The van der Waals surface area contributed by atoms with Crippen molar-refractivity contribution >= 4 is 39.7 Å². The Morgan fingerprint density at radius 2 is 1.89 bits per heavy atom. The molecule has 0 bridgehead atoms. The fourth-order valence-electron chi connectivity index (χ4n) is 5.69. The molecule has 1 aromatic carbocycles. The van der Waals surface area contributed by atoms with Crippen LogP contribution in [0, 0.1) is 0 Å². The predicted octanol–water partition coefficient (Wildman–Crippen LogP) is 6.72. The van der Waals surface area contributed by atoms with Gasteiger partial charge in [0, 0.05) is 11.5 Å². The molecule has 1 aromatic rings. The van der Waals surface area contributed by atoms with Gasteiger partial charge in [0.2, 0.25) is 0 Å². The Hall–Kier alpha value is -0.130. The van der Waals surface area contributed by atoms with Gasteiger partial charge in [0.15, 0.2) is 0 Å². The highest BCUT2D eigenvalue weighted by atomic mass is 79.9. The summed E-state index contributed by atoms with van der Waals surface area (Å²) in [5.41, 5.74) is 6.67. The molecule has 28 heavy (non-hydrogen) atoms. The Morgan fingerprint density at radius 3 is 2.71 bits per heavy atom. The summed E-state index contributed by atoms with van der Waals surface area (Å²) in [7, 11) is -4.22. The van der Waals surface area contributed by atoms with Crippen LogP contribution in [0.4, 0.5) is 0 Å². The quantitative estimate of drug-likeness (QED) is 0.229. The Labute approximate surface area is 182 Å². The number of aryl methyl sites for hydroxylation is 1. The van der Waals surface area contributed by atoms with Crippen molar-refractivity contribution < 1.29 is 18.5 Å². The SMILES string of the molecule is CC1(Br)CC2=C(CCCC2)[C@@H]2c3c4c(cc(Br)c3OP(=O)(O)OC21)CCCC4. The second-order valence-electron chi connectivity index (χ2n) is 8.80. The number of rotatable bonds is 0. The van der Waals surface area contributed by atoms with Gasteiger partial charge in [-0.15, -0.1) is 0 Å². The van der Waals surface area contributed by atoms with E-state index in [1.165, 1.54) is 41.5 Å². The first-order valence-electron chi connectivity index (χ1n) is 10.2. The molecule has 152 valence electrons. The highest BCUT2D eigenvalue weighted by Gasteiger charge is 2.53. The standard InChI is InChI=1S/C21H25Br2O4P/c1-21(23)11-13-7-3-5-9-15(13)18-17-14-8-4-2-6-12(14)10-16(22)19(17)26-28(24,25)27-20(18)21/h10,18,20H,2-9,11H2,1H3,(H,24,25)/t18-,20?,21?/m1/s1. The molecule has 1 heterocycles. The van der Waals surface area contributed by atoms with Crippen LogP contribution in [0.2, 0.25) is 0 Å². The van der Waals surface area contributed by atoms with Crippen molar-refractivity contribution in [3.05, 3.63) is 38.4 Å². The molecule has 3 unspecified atom stereocenters. The van der Waals surface area contributed by atoms with Crippen LogP contribution in [-0.2, 0) is 21.9 Å². The molecule has 4 nitrogen and oxygen atoms in total. The number of alkyl halides is 1. The highest BCUT2D eigenvalue weighted by Crippen LogP contribution is 2.63. The fraction of sp³-hybridized carbons (Fsp3) is 0.619. The monoisotopic (exact) mass is 530 g/mol. The molecule has 0 spiro atoms. The summed E-state index contributed by atoms with van der Waals surface area (Å²) >= 11 is 7.53. The van der Waals surface area contributed by atoms with Gasteiger partial charge in [0.25, 0.3) is 0 Å². The number of hydrogen-bond acceptors (Lipinski definition) is 3. The molecular formula is C21H25Br2O4P. The molecule has 0 saturated carbocycles. The number of hydrogen-bond donors (Lipinski definition) is 1. The number of benzene rings is 1. The lowest BCUT2D eigenvalue weighted by molar-refractivity contribution is 0.0994. The number of allylic oxidation sites excluding steroid dienone is 1. The minimum atomic E-state index is -4.22. The van der Waals surface area contributed by atoms with Crippen molar-refractivity contribution in [3.63, 3.8) is 0 Å². The summed E-state index contributed by atoms with van der Waals surface area (Å²) in [6.45, 7) is 2.10. The number of halogens is 2. The topological polar surface area (TPSA) is 55.8 Å². The Bertz CT molecular complexity index is 923. The van der Waals surface area contributed by atoms with Crippen LogP contribution >= 0.6 is 39.7 Å². The van der Waals surface area contributed by atoms with E-state index in [0.717, 1.165) is 48.6 Å². The summed E-state index contributed by atoms with van der Waals surface area (Å²) < 4.78 is 24.8. The Morgan fingerprint density at radius 1 is 1.18 bits per heavy atom. The lowest BCUT2D eigenvalue weighted by atomic mass is 9.66. The molecule has 4 atom stereocenters. The molecular weight excluding hydrogens is 507 g/mol. The molecule has 4 aliphatic rings. The first kappa shape index (κ1) is 19.8. The average molecular weight is 532 g/mol. The van der Waals surface area contributed by atoms with E-state index in [1.807, 2.05) is 0 Å². The third-order valence-electron chi connectivity index (χ3n) is 6.82. The summed E-state index contributed by atoms with van der Waals surface area (Å²) in [6, 6.07) is 2.08. The zero-order valence-electron chi connectivity index (χ0n) is 16.0. The zero-order valence-corrected chi connectivity index (χ0v) is 20.0. The number of phosphoric acid groups is 1. The van der Waals surface area contributed by atoms with Crippen LogP contribution in [0.1, 0.15) is 74.5 Å². The highest BCUT2D eigenvalue weighted by molar-refractivity contribution is 9.10. The van der Waals surface area contributed by atoms with Crippen molar-refractivity contribution in [1.82, 2.24) is 0 Å². The van der Waals surface area contributed by atoms with Crippen molar-refractivity contribution in [1.29, 1.82) is 0 Å². The van der Waals surface area contributed by atoms with Crippen LogP contribution in [0.3, 0.4) is 0 Å². The van der Waals surface area contributed by atoms with E-state index in [0.29, 0.717) is 5.75 Å². The third kappa shape index (κ3) is 3.19. The van der Waals surface area contributed by atoms with Crippen LogP contribution in [0.15, 0.2) is 21.7 Å². The van der Waals surface area contributed by atoms with Crippen molar-refractivity contribution in [2.75, 3.05) is 0 Å². The molecule has 0 radical (unpaired) electrons. The van der Waals surface area contributed by atoms with Gasteiger partial charge in [-0.2, -0.15) is 0 Å².